The number of nitrogens with zero attached hydrogens (tertiary/aromatic N) is 4. The molecule has 1 fully saturated rings. The van der Waals surface area contributed by atoms with Crippen molar-refractivity contribution in [2.24, 2.45) is 0 Å². The highest BCUT2D eigenvalue weighted by atomic mass is 19.4. The summed E-state index contributed by atoms with van der Waals surface area (Å²) in [5, 5.41) is 0. The average molecular weight is 579 g/mol. The predicted molar refractivity (Wildman–Crippen MR) is 147 cm³/mol. The monoisotopic (exact) mass is 578 g/mol. The van der Waals surface area contributed by atoms with Crippen LogP contribution in [0, 0.1) is 6.92 Å². The molecule has 0 radical (unpaired) electrons. The summed E-state index contributed by atoms with van der Waals surface area (Å²) in [5.74, 6) is 0.0256. The highest BCUT2D eigenvalue weighted by Crippen LogP contribution is 2.40. The third kappa shape index (κ3) is 6.50. The van der Waals surface area contributed by atoms with Gasteiger partial charge in [-0.25, -0.2) is 4.98 Å². The van der Waals surface area contributed by atoms with Crippen molar-refractivity contribution in [3.63, 3.8) is 0 Å². The van der Waals surface area contributed by atoms with Crippen molar-refractivity contribution in [3.05, 3.63) is 76.9 Å². The van der Waals surface area contributed by atoms with Gasteiger partial charge in [0.15, 0.2) is 0 Å². The van der Waals surface area contributed by atoms with Gasteiger partial charge < -0.3 is 14.7 Å². The number of aromatic nitrogens is 1. The number of halogens is 6. The summed E-state index contributed by atoms with van der Waals surface area (Å²) in [5.41, 5.74) is -2.47. The molecule has 0 spiro atoms. The second kappa shape index (κ2) is 11.0. The molecule has 1 aliphatic rings. The van der Waals surface area contributed by atoms with Crippen molar-refractivity contribution in [3.8, 4) is 11.3 Å². The molecule has 41 heavy (non-hydrogen) atoms. The van der Waals surface area contributed by atoms with Gasteiger partial charge in [-0.3, -0.25) is 4.79 Å². The van der Waals surface area contributed by atoms with Crippen LogP contribution < -0.4 is 9.80 Å². The van der Waals surface area contributed by atoms with E-state index in [0.29, 0.717) is 29.3 Å². The van der Waals surface area contributed by atoms with E-state index in [1.54, 1.807) is 12.1 Å². The van der Waals surface area contributed by atoms with E-state index in [9.17, 15) is 31.1 Å². The van der Waals surface area contributed by atoms with E-state index in [1.165, 1.54) is 25.8 Å². The minimum absolute atomic E-state index is 0.0598. The molecule has 1 amide bonds. The molecule has 1 aliphatic heterocycles. The molecule has 2 heterocycles. The van der Waals surface area contributed by atoms with Crippen LogP contribution in [0.4, 0.5) is 37.8 Å². The number of benzene rings is 2. The van der Waals surface area contributed by atoms with Crippen LogP contribution >= 0.6 is 0 Å². The molecule has 220 valence electrons. The molecule has 0 N–H and O–H groups in total. The summed E-state index contributed by atoms with van der Waals surface area (Å²) in [6, 6.07) is 12.3. The van der Waals surface area contributed by atoms with Crippen molar-refractivity contribution >= 4 is 17.4 Å². The maximum atomic E-state index is 13.9. The maximum absolute atomic E-state index is 13.9. The molecular formula is C30H32F6N4O. The van der Waals surface area contributed by atoms with Gasteiger partial charge in [0.2, 0.25) is 5.91 Å². The number of hydrogen-bond donors (Lipinski definition) is 0. The van der Waals surface area contributed by atoms with Crippen LogP contribution in [-0.2, 0) is 22.6 Å². The van der Waals surface area contributed by atoms with Crippen LogP contribution in [0.1, 0.15) is 36.1 Å². The number of likely N-dealkylation sites (N-methyl/N-ethyl adjacent to an activating group) is 2. The Balaban J connectivity index is 1.78. The zero-order valence-corrected chi connectivity index (χ0v) is 23.5. The Morgan fingerprint density at radius 3 is 1.83 bits per heavy atom. The number of carbonyl (C=O) groups is 1. The highest BCUT2D eigenvalue weighted by molar-refractivity contribution is 6.02. The van der Waals surface area contributed by atoms with Crippen LogP contribution in [0.3, 0.4) is 0 Å². The van der Waals surface area contributed by atoms with Gasteiger partial charge in [0.25, 0.3) is 0 Å². The normalized spacial score (nSPS) is 15.2. The number of pyridine rings is 1. The standard InChI is InChI=1S/C30H32F6N4O/c1-19-6-8-20(9-7-19)26-24(10-11-25(37-26)40-14-12-38(4)13-15-40)39(5)27(41)28(2,3)21-16-22(29(31,32)33)18-23(17-21)30(34,35)36/h6-11,16-18H,12-15H2,1-5H3. The van der Waals surface area contributed by atoms with Crippen molar-refractivity contribution in [2.75, 3.05) is 50.1 Å². The van der Waals surface area contributed by atoms with E-state index < -0.39 is 40.4 Å². The number of rotatable bonds is 5. The van der Waals surface area contributed by atoms with Gasteiger partial charge in [-0.1, -0.05) is 29.8 Å². The predicted octanol–water partition coefficient (Wildman–Crippen LogP) is 6.79. The molecule has 4 rings (SSSR count). The lowest BCUT2D eigenvalue weighted by atomic mass is 9.81. The van der Waals surface area contributed by atoms with Gasteiger partial charge in [0.05, 0.1) is 27.9 Å². The number of carbonyl (C=O) groups excluding carboxylic acids is 1. The topological polar surface area (TPSA) is 39.7 Å². The van der Waals surface area contributed by atoms with Gasteiger partial charge >= 0.3 is 12.4 Å². The first-order chi connectivity index (χ1) is 19.0. The largest absolute Gasteiger partial charge is 0.416 e. The Morgan fingerprint density at radius 1 is 0.805 bits per heavy atom. The zero-order chi connectivity index (χ0) is 30.3. The van der Waals surface area contributed by atoms with Crippen LogP contribution in [0.25, 0.3) is 11.3 Å². The number of hydrogen-bond acceptors (Lipinski definition) is 4. The third-order valence-electron chi connectivity index (χ3n) is 7.52. The maximum Gasteiger partial charge on any atom is 0.416 e. The van der Waals surface area contributed by atoms with Crippen LogP contribution in [0.2, 0.25) is 0 Å². The summed E-state index contributed by atoms with van der Waals surface area (Å²) < 4.78 is 81.3. The van der Waals surface area contributed by atoms with Crippen molar-refractivity contribution in [1.82, 2.24) is 9.88 Å². The molecule has 1 aromatic heterocycles. The SMILES string of the molecule is Cc1ccc(-c2nc(N3CCN(C)CC3)ccc2N(C)C(=O)C(C)(C)c2cc(C(F)(F)F)cc(C(F)(F)F)c2)cc1. The van der Waals surface area contributed by atoms with Crippen molar-refractivity contribution in [1.29, 1.82) is 0 Å². The minimum Gasteiger partial charge on any atom is -0.354 e. The van der Waals surface area contributed by atoms with Crippen LogP contribution in [0.15, 0.2) is 54.6 Å². The fourth-order valence-corrected chi connectivity index (χ4v) is 4.82. The van der Waals surface area contributed by atoms with Crippen LogP contribution in [-0.4, -0.2) is 56.1 Å². The number of alkyl halides is 6. The number of amides is 1. The second-order valence-corrected chi connectivity index (χ2v) is 11.0. The van der Waals surface area contributed by atoms with Gasteiger partial charge in [-0.15, -0.1) is 0 Å². The molecule has 0 atom stereocenters. The first-order valence-electron chi connectivity index (χ1n) is 13.1. The molecule has 2 aromatic carbocycles. The summed E-state index contributed by atoms with van der Waals surface area (Å²) in [6.45, 7) is 7.79. The van der Waals surface area contributed by atoms with Crippen molar-refractivity contribution in [2.45, 2.75) is 38.5 Å². The Hall–Kier alpha value is -3.60. The first kappa shape index (κ1) is 30.4. The summed E-state index contributed by atoms with van der Waals surface area (Å²) in [4.78, 5) is 24.3. The summed E-state index contributed by atoms with van der Waals surface area (Å²) >= 11 is 0. The Morgan fingerprint density at radius 2 is 1.32 bits per heavy atom. The number of piperazine rings is 1. The smallest absolute Gasteiger partial charge is 0.354 e. The first-order valence-corrected chi connectivity index (χ1v) is 13.1. The molecule has 0 unspecified atom stereocenters. The molecule has 0 saturated carbocycles. The molecule has 3 aromatic rings. The van der Waals surface area contributed by atoms with E-state index in [0.717, 1.165) is 37.3 Å². The molecular weight excluding hydrogens is 546 g/mol. The van der Waals surface area contributed by atoms with Gasteiger partial charge in [-0.2, -0.15) is 26.3 Å². The Bertz CT molecular complexity index is 1380. The number of anilines is 2. The second-order valence-electron chi connectivity index (χ2n) is 11.0. The lowest BCUT2D eigenvalue weighted by Crippen LogP contribution is -2.45. The lowest BCUT2D eigenvalue weighted by molar-refractivity contribution is -0.143. The summed E-state index contributed by atoms with van der Waals surface area (Å²) in [6.07, 6.45) is -10.1. The van der Waals surface area contributed by atoms with Gasteiger partial charge in [0.1, 0.15) is 5.82 Å². The minimum atomic E-state index is -5.03. The van der Waals surface area contributed by atoms with Crippen LogP contribution in [0.5, 0.6) is 0 Å². The number of aryl methyl sites for hydroxylation is 1. The molecule has 5 nitrogen and oxygen atoms in total. The fraction of sp³-hybridized carbons (Fsp3) is 0.400. The average Bonchev–Trinajstić information content (AvgIpc) is 2.91. The van der Waals surface area contributed by atoms with E-state index in [-0.39, 0.29) is 6.07 Å². The summed E-state index contributed by atoms with van der Waals surface area (Å²) in [7, 11) is 3.49. The Labute approximate surface area is 235 Å². The third-order valence-corrected chi connectivity index (χ3v) is 7.52. The molecule has 1 saturated heterocycles. The lowest BCUT2D eigenvalue weighted by Gasteiger charge is -2.34. The highest BCUT2D eigenvalue weighted by Gasteiger charge is 2.41. The van der Waals surface area contributed by atoms with E-state index >= 15 is 0 Å². The van der Waals surface area contributed by atoms with Gasteiger partial charge in [-0.05, 0) is 63.7 Å². The molecule has 0 bridgehead atoms. The van der Waals surface area contributed by atoms with Gasteiger partial charge in [0, 0.05) is 38.8 Å². The molecule has 11 heteroatoms. The van der Waals surface area contributed by atoms with E-state index in [2.05, 4.69) is 9.80 Å². The van der Waals surface area contributed by atoms with Crippen molar-refractivity contribution < 1.29 is 31.1 Å². The van der Waals surface area contributed by atoms with E-state index in [4.69, 9.17) is 4.98 Å². The zero-order valence-electron chi connectivity index (χ0n) is 23.5. The Kier molecular flexibility index (Phi) is 8.14. The molecule has 0 aliphatic carbocycles. The van der Waals surface area contributed by atoms with E-state index in [1.807, 2.05) is 38.2 Å². The fourth-order valence-electron chi connectivity index (χ4n) is 4.82. The quantitative estimate of drug-likeness (QED) is 0.313.